The molecular weight excluding hydrogens is 265 g/mol. The molecule has 0 amide bonds. The smallest absolute Gasteiger partial charge is 0.0397 e. The lowest BCUT2D eigenvalue weighted by Gasteiger charge is -2.39. The molecule has 3 rings (SSSR count). The fraction of sp³-hybridized carbons (Fsp3) is 0.625. The van der Waals surface area contributed by atoms with E-state index in [0.717, 1.165) is 32.1 Å². The number of rotatable bonds is 3. The van der Waals surface area contributed by atoms with Crippen LogP contribution in [0.5, 0.6) is 0 Å². The second-order valence-electron chi connectivity index (χ2n) is 5.90. The molecule has 2 fully saturated rings. The zero-order valence-corrected chi connectivity index (χ0v) is 13.1. The second-order valence-corrected chi connectivity index (χ2v) is 6.41. The molecular formula is C16H24N3P. The lowest BCUT2D eigenvalue weighted by molar-refractivity contribution is 0.346. The summed E-state index contributed by atoms with van der Waals surface area (Å²) in [7, 11) is 3.95. The van der Waals surface area contributed by atoms with E-state index in [1.807, 2.05) is 12.4 Å². The molecule has 0 N–H and O–H groups in total. The van der Waals surface area contributed by atoms with Crippen molar-refractivity contribution in [2.24, 2.45) is 5.92 Å². The van der Waals surface area contributed by atoms with Crippen LogP contribution < -0.4 is 4.90 Å². The van der Waals surface area contributed by atoms with Crippen LogP contribution in [-0.4, -0.2) is 41.5 Å². The van der Waals surface area contributed by atoms with Gasteiger partial charge in [-0.1, -0.05) is 19.3 Å². The van der Waals surface area contributed by atoms with Crippen LogP contribution in [0.1, 0.15) is 32.1 Å². The van der Waals surface area contributed by atoms with E-state index in [0.29, 0.717) is 0 Å². The van der Waals surface area contributed by atoms with Crippen molar-refractivity contribution >= 4 is 20.0 Å². The van der Waals surface area contributed by atoms with Gasteiger partial charge >= 0.3 is 0 Å². The number of hydrogen-bond acceptors (Lipinski definition) is 2. The van der Waals surface area contributed by atoms with Gasteiger partial charge < -0.3 is 4.90 Å². The highest BCUT2D eigenvalue weighted by molar-refractivity contribution is 7.20. The number of nitrogens with zero attached hydrogens (tertiary/aromatic N) is 3. The maximum Gasteiger partial charge on any atom is 0.0397 e. The maximum absolute atomic E-state index is 4.10. The van der Waals surface area contributed by atoms with Gasteiger partial charge in [0.2, 0.25) is 0 Å². The molecule has 0 spiro atoms. The highest BCUT2D eigenvalue weighted by Gasteiger charge is 2.25. The van der Waals surface area contributed by atoms with Crippen molar-refractivity contribution in [2.75, 3.05) is 31.1 Å². The molecule has 108 valence electrons. The monoisotopic (exact) mass is 289 g/mol. The third-order valence-electron chi connectivity index (χ3n) is 4.64. The Morgan fingerprint density at radius 2 is 1.65 bits per heavy atom. The summed E-state index contributed by atoms with van der Waals surface area (Å²) >= 11 is 0. The van der Waals surface area contributed by atoms with E-state index < -0.39 is 0 Å². The molecule has 0 atom stereocenters. The Hall–Kier alpha value is -0.920. The summed E-state index contributed by atoms with van der Waals surface area (Å²) in [5.74, 6) is 0.771. The van der Waals surface area contributed by atoms with E-state index in [1.54, 1.807) is 0 Å². The van der Waals surface area contributed by atoms with Crippen LogP contribution in [0.4, 0.5) is 5.69 Å². The normalized spacial score (nSPS) is 21.9. The summed E-state index contributed by atoms with van der Waals surface area (Å²) in [5.41, 5.74) is 2.76. The van der Waals surface area contributed by atoms with Gasteiger partial charge in [-0.2, -0.15) is 0 Å². The molecule has 2 aliphatic rings. The first-order valence-electron chi connectivity index (χ1n) is 7.83. The summed E-state index contributed by atoms with van der Waals surface area (Å²) in [5, 5.41) is 0. The van der Waals surface area contributed by atoms with Crippen molar-refractivity contribution < 1.29 is 0 Å². The molecule has 0 aromatic carbocycles. The Labute approximate surface area is 124 Å². The number of piperazine rings is 1. The molecule has 0 bridgehead atoms. The molecule has 1 saturated carbocycles. The highest BCUT2D eigenvalue weighted by Crippen LogP contribution is 2.27. The molecule has 0 unspecified atom stereocenters. The lowest BCUT2D eigenvalue weighted by Crippen LogP contribution is -2.50. The molecule has 4 heteroatoms. The van der Waals surface area contributed by atoms with Gasteiger partial charge in [0, 0.05) is 49.7 Å². The average Bonchev–Trinajstić information content (AvgIpc) is 2.56. The summed E-state index contributed by atoms with van der Waals surface area (Å²) in [6, 6.07) is 4.21. The molecule has 2 heterocycles. The number of hydrogen-bond donors (Lipinski definition) is 0. The largest absolute Gasteiger partial charge is 0.369 e. The van der Waals surface area contributed by atoms with Crippen LogP contribution in [0.2, 0.25) is 0 Å². The van der Waals surface area contributed by atoms with Crippen LogP contribution in [0.15, 0.2) is 24.5 Å². The van der Waals surface area contributed by atoms with Gasteiger partial charge in [0.25, 0.3) is 0 Å². The van der Waals surface area contributed by atoms with Crippen molar-refractivity contribution in [1.82, 2.24) is 9.88 Å². The Bertz CT molecular complexity index is 434. The Balaban J connectivity index is 1.54. The number of pyridine rings is 1. The van der Waals surface area contributed by atoms with E-state index in [9.17, 15) is 0 Å². The van der Waals surface area contributed by atoms with Crippen molar-refractivity contribution in [3.63, 3.8) is 0 Å². The maximum atomic E-state index is 4.10. The van der Waals surface area contributed by atoms with E-state index in [1.165, 1.54) is 43.2 Å². The third kappa shape index (κ3) is 3.21. The van der Waals surface area contributed by atoms with Gasteiger partial charge in [-0.05, 0) is 30.9 Å². The first-order valence-corrected chi connectivity index (χ1v) is 8.33. The molecule has 3 nitrogen and oxygen atoms in total. The van der Waals surface area contributed by atoms with Gasteiger partial charge in [0.15, 0.2) is 0 Å². The zero-order valence-electron chi connectivity index (χ0n) is 12.1. The summed E-state index contributed by atoms with van der Waals surface area (Å²) in [6.07, 6.45) is 10.7. The molecule has 1 aromatic heterocycles. The SMILES string of the molecule is P=C(C1CCCCC1)N1CCN(c2ccncc2)CC1. The van der Waals surface area contributed by atoms with E-state index in [-0.39, 0.29) is 0 Å². The minimum atomic E-state index is 0.771. The predicted octanol–water partition coefficient (Wildman–Crippen LogP) is 3.06. The zero-order chi connectivity index (χ0) is 13.8. The quantitative estimate of drug-likeness (QED) is 0.797. The third-order valence-corrected chi connectivity index (χ3v) is 5.36. The van der Waals surface area contributed by atoms with Gasteiger partial charge in [-0.15, -0.1) is 8.86 Å². The van der Waals surface area contributed by atoms with Crippen LogP contribution in [-0.2, 0) is 0 Å². The first kappa shape index (κ1) is 14.0. The molecule has 1 saturated heterocycles. The van der Waals surface area contributed by atoms with Gasteiger partial charge in [-0.25, -0.2) is 0 Å². The minimum absolute atomic E-state index is 0.771. The predicted molar refractivity (Wildman–Crippen MR) is 87.9 cm³/mol. The average molecular weight is 289 g/mol. The van der Waals surface area contributed by atoms with Crippen LogP contribution >= 0.6 is 8.86 Å². The molecule has 20 heavy (non-hydrogen) atoms. The summed E-state index contributed by atoms with van der Waals surface area (Å²) in [4.78, 5) is 9.10. The highest BCUT2D eigenvalue weighted by atomic mass is 31.0. The molecule has 1 aliphatic heterocycles. The molecule has 0 radical (unpaired) electrons. The fourth-order valence-electron chi connectivity index (χ4n) is 3.39. The lowest BCUT2D eigenvalue weighted by atomic mass is 9.88. The Kier molecular flexibility index (Phi) is 4.69. The van der Waals surface area contributed by atoms with Gasteiger partial charge in [-0.3, -0.25) is 9.88 Å². The number of aromatic nitrogens is 1. The van der Waals surface area contributed by atoms with Crippen molar-refractivity contribution in [1.29, 1.82) is 0 Å². The second kappa shape index (κ2) is 6.69. The van der Waals surface area contributed by atoms with Crippen molar-refractivity contribution in [3.05, 3.63) is 24.5 Å². The van der Waals surface area contributed by atoms with Crippen LogP contribution in [0.25, 0.3) is 0 Å². The fourth-order valence-corrected chi connectivity index (χ4v) is 3.91. The van der Waals surface area contributed by atoms with Crippen LogP contribution in [0, 0.1) is 5.92 Å². The standard InChI is InChI=1S/C16H24N3P/c20-16(14-4-2-1-3-5-14)19-12-10-18(11-13-19)15-6-8-17-9-7-15/h6-9,14,20H,1-5,10-13H2. The van der Waals surface area contributed by atoms with E-state index in [4.69, 9.17) is 0 Å². The van der Waals surface area contributed by atoms with E-state index in [2.05, 4.69) is 35.8 Å². The van der Waals surface area contributed by atoms with Gasteiger partial charge in [0.1, 0.15) is 0 Å². The first-order chi connectivity index (χ1) is 9.84. The Morgan fingerprint density at radius 3 is 2.30 bits per heavy atom. The minimum Gasteiger partial charge on any atom is -0.369 e. The van der Waals surface area contributed by atoms with Crippen molar-refractivity contribution in [2.45, 2.75) is 32.1 Å². The van der Waals surface area contributed by atoms with Crippen LogP contribution in [0.3, 0.4) is 0 Å². The Morgan fingerprint density at radius 1 is 1.00 bits per heavy atom. The molecule has 1 aliphatic carbocycles. The summed E-state index contributed by atoms with van der Waals surface area (Å²) < 4.78 is 0. The van der Waals surface area contributed by atoms with E-state index >= 15 is 0 Å². The molecule has 1 aromatic rings. The topological polar surface area (TPSA) is 19.4 Å². The van der Waals surface area contributed by atoms with Gasteiger partial charge in [0.05, 0.1) is 0 Å². The number of anilines is 1. The summed E-state index contributed by atoms with van der Waals surface area (Å²) in [6.45, 7) is 4.45. The van der Waals surface area contributed by atoms with Crippen molar-refractivity contribution in [3.8, 4) is 0 Å².